The summed E-state index contributed by atoms with van der Waals surface area (Å²) in [5, 5.41) is 5.80. The highest BCUT2D eigenvalue weighted by Crippen LogP contribution is 2.17. The summed E-state index contributed by atoms with van der Waals surface area (Å²) in [5.41, 5.74) is 1.74. The van der Waals surface area contributed by atoms with Gasteiger partial charge in [0.2, 0.25) is 0 Å². The molecule has 1 aliphatic heterocycles. The number of para-hydroxylation sites is 2. The van der Waals surface area contributed by atoms with Crippen LogP contribution in [0.4, 0.5) is 11.4 Å². The molecule has 0 radical (unpaired) electrons. The number of carbonyl (C=O) groups excluding carboxylic acids is 2. The number of rotatable bonds is 5. The summed E-state index contributed by atoms with van der Waals surface area (Å²) in [6.45, 7) is 6.97. The second kappa shape index (κ2) is 8.82. The highest BCUT2D eigenvalue weighted by molar-refractivity contribution is 6.10. The summed E-state index contributed by atoms with van der Waals surface area (Å²) in [7, 11) is 0. The van der Waals surface area contributed by atoms with Crippen LogP contribution < -0.4 is 15.5 Å². The molecular formula is C22H28N3O2+. The molecule has 1 fully saturated rings. The largest absolute Gasteiger partial charge is 0.327 e. The van der Waals surface area contributed by atoms with Crippen LogP contribution in [0.3, 0.4) is 0 Å². The van der Waals surface area contributed by atoms with E-state index in [2.05, 4.69) is 24.5 Å². The van der Waals surface area contributed by atoms with Crippen molar-refractivity contribution in [2.24, 2.45) is 11.8 Å². The van der Waals surface area contributed by atoms with Crippen LogP contribution in [0, 0.1) is 11.8 Å². The summed E-state index contributed by atoms with van der Waals surface area (Å²) in [5.74, 6) is 0.997. The highest BCUT2D eigenvalue weighted by Gasteiger charge is 2.27. The quantitative estimate of drug-likeness (QED) is 0.761. The lowest BCUT2D eigenvalue weighted by atomic mass is 9.92. The third-order valence-electron chi connectivity index (χ3n) is 4.97. The first-order chi connectivity index (χ1) is 13.0. The Morgan fingerprint density at radius 2 is 1.56 bits per heavy atom. The Balaban J connectivity index is 1.65. The molecular weight excluding hydrogens is 338 g/mol. The number of amides is 2. The molecule has 1 aliphatic rings. The third-order valence-corrected chi connectivity index (χ3v) is 4.97. The molecule has 3 N–H and O–H groups in total. The number of likely N-dealkylation sites (tertiary alicyclic amines) is 1. The van der Waals surface area contributed by atoms with Crippen LogP contribution in [-0.2, 0) is 4.79 Å². The number of piperidine rings is 1. The number of quaternary nitrogens is 1. The van der Waals surface area contributed by atoms with Gasteiger partial charge in [0.1, 0.15) is 0 Å². The van der Waals surface area contributed by atoms with Crippen LogP contribution in [-0.4, -0.2) is 31.4 Å². The highest BCUT2D eigenvalue weighted by atomic mass is 16.2. The second-order valence-corrected chi connectivity index (χ2v) is 7.69. The number of benzene rings is 2. The molecule has 1 saturated heterocycles. The van der Waals surface area contributed by atoms with E-state index in [-0.39, 0.29) is 11.8 Å². The van der Waals surface area contributed by atoms with E-state index < -0.39 is 0 Å². The van der Waals surface area contributed by atoms with Gasteiger partial charge in [0, 0.05) is 17.5 Å². The molecule has 2 aromatic carbocycles. The standard InChI is InChI=1S/C22H27N3O2/c1-16-12-17(2)14-25(13-16)15-21(26)24-20-11-7-6-10-19(20)22(27)23-18-8-4-3-5-9-18/h3-11,16-17H,12-15H2,1-2H3,(H,23,27)(H,24,26)/p+1/t16-,17-/m1/s1. The summed E-state index contributed by atoms with van der Waals surface area (Å²) >= 11 is 0. The maximum absolute atomic E-state index is 12.6. The van der Waals surface area contributed by atoms with Crippen LogP contribution in [0.5, 0.6) is 0 Å². The minimum Gasteiger partial charge on any atom is -0.327 e. The van der Waals surface area contributed by atoms with E-state index in [1.807, 2.05) is 36.4 Å². The van der Waals surface area contributed by atoms with Crippen molar-refractivity contribution in [2.75, 3.05) is 30.3 Å². The number of nitrogens with one attached hydrogen (secondary N) is 3. The first-order valence-electron chi connectivity index (χ1n) is 9.60. The van der Waals surface area contributed by atoms with E-state index in [0.29, 0.717) is 29.6 Å². The molecule has 0 aliphatic carbocycles. The molecule has 0 aromatic heterocycles. The topological polar surface area (TPSA) is 62.6 Å². The fourth-order valence-electron chi connectivity index (χ4n) is 4.00. The molecule has 27 heavy (non-hydrogen) atoms. The van der Waals surface area contributed by atoms with Gasteiger partial charge in [-0.05, 0) is 30.7 Å². The maximum Gasteiger partial charge on any atom is 0.279 e. The fraction of sp³-hybridized carbons (Fsp3) is 0.364. The monoisotopic (exact) mass is 366 g/mol. The Morgan fingerprint density at radius 1 is 0.926 bits per heavy atom. The second-order valence-electron chi connectivity index (χ2n) is 7.69. The van der Waals surface area contributed by atoms with Crippen molar-refractivity contribution in [3.63, 3.8) is 0 Å². The maximum atomic E-state index is 12.6. The van der Waals surface area contributed by atoms with Gasteiger partial charge in [0.05, 0.1) is 24.3 Å². The Kier molecular flexibility index (Phi) is 6.24. The van der Waals surface area contributed by atoms with E-state index in [9.17, 15) is 9.59 Å². The zero-order chi connectivity index (χ0) is 19.2. The van der Waals surface area contributed by atoms with Crippen LogP contribution in [0.25, 0.3) is 0 Å². The van der Waals surface area contributed by atoms with Gasteiger partial charge in [0.15, 0.2) is 6.54 Å². The van der Waals surface area contributed by atoms with Gasteiger partial charge in [-0.2, -0.15) is 0 Å². The van der Waals surface area contributed by atoms with E-state index in [1.54, 1.807) is 18.2 Å². The number of anilines is 2. The molecule has 1 heterocycles. The van der Waals surface area contributed by atoms with Crippen molar-refractivity contribution in [3.05, 3.63) is 60.2 Å². The summed E-state index contributed by atoms with van der Waals surface area (Å²) in [6.07, 6.45) is 1.23. The molecule has 0 spiro atoms. The van der Waals surface area contributed by atoms with Gasteiger partial charge in [-0.3, -0.25) is 9.59 Å². The van der Waals surface area contributed by atoms with Crippen molar-refractivity contribution < 1.29 is 14.5 Å². The first-order valence-corrected chi connectivity index (χ1v) is 9.60. The van der Waals surface area contributed by atoms with Gasteiger partial charge in [0.25, 0.3) is 11.8 Å². The predicted octanol–water partition coefficient (Wildman–Crippen LogP) is 2.44. The van der Waals surface area contributed by atoms with Crippen LogP contribution in [0.2, 0.25) is 0 Å². The van der Waals surface area contributed by atoms with Crippen molar-refractivity contribution in [3.8, 4) is 0 Å². The Hall–Kier alpha value is -2.66. The molecule has 0 unspecified atom stereocenters. The SMILES string of the molecule is C[C@@H]1C[C@@H](C)C[NH+](CC(=O)Nc2ccccc2C(=O)Nc2ccccc2)C1. The number of hydrogen-bond donors (Lipinski definition) is 3. The van der Waals surface area contributed by atoms with Crippen LogP contribution in [0.15, 0.2) is 54.6 Å². The number of carbonyl (C=O) groups is 2. The van der Waals surface area contributed by atoms with E-state index in [0.717, 1.165) is 18.8 Å². The summed E-state index contributed by atoms with van der Waals surface area (Å²) in [4.78, 5) is 26.5. The fourth-order valence-corrected chi connectivity index (χ4v) is 4.00. The normalized spacial score (nSPS) is 22.1. The summed E-state index contributed by atoms with van der Waals surface area (Å²) in [6, 6.07) is 16.4. The van der Waals surface area contributed by atoms with Gasteiger partial charge < -0.3 is 15.5 Å². The van der Waals surface area contributed by atoms with Crippen molar-refractivity contribution in [2.45, 2.75) is 20.3 Å². The summed E-state index contributed by atoms with van der Waals surface area (Å²) < 4.78 is 0. The molecule has 142 valence electrons. The van der Waals surface area contributed by atoms with Crippen molar-refractivity contribution >= 4 is 23.2 Å². The van der Waals surface area contributed by atoms with Gasteiger partial charge >= 0.3 is 0 Å². The van der Waals surface area contributed by atoms with Crippen molar-refractivity contribution in [1.82, 2.24) is 0 Å². The third kappa shape index (κ3) is 5.41. The van der Waals surface area contributed by atoms with E-state index in [1.165, 1.54) is 11.3 Å². The minimum atomic E-state index is -0.232. The zero-order valence-corrected chi connectivity index (χ0v) is 16.0. The molecule has 5 heteroatoms. The average Bonchev–Trinajstić information content (AvgIpc) is 2.62. The molecule has 5 nitrogen and oxygen atoms in total. The molecule has 2 atom stereocenters. The van der Waals surface area contributed by atoms with Gasteiger partial charge in [-0.15, -0.1) is 0 Å². The predicted molar refractivity (Wildman–Crippen MR) is 108 cm³/mol. The van der Waals surface area contributed by atoms with E-state index >= 15 is 0 Å². The van der Waals surface area contributed by atoms with Crippen LogP contribution >= 0.6 is 0 Å². The van der Waals surface area contributed by atoms with Crippen molar-refractivity contribution in [1.29, 1.82) is 0 Å². The van der Waals surface area contributed by atoms with Crippen LogP contribution in [0.1, 0.15) is 30.6 Å². The number of hydrogen-bond acceptors (Lipinski definition) is 2. The molecule has 0 saturated carbocycles. The lowest BCUT2D eigenvalue weighted by molar-refractivity contribution is -0.904. The van der Waals surface area contributed by atoms with Gasteiger partial charge in [-0.25, -0.2) is 0 Å². The Labute approximate surface area is 160 Å². The lowest BCUT2D eigenvalue weighted by Gasteiger charge is -2.31. The zero-order valence-electron chi connectivity index (χ0n) is 16.0. The Morgan fingerprint density at radius 3 is 2.26 bits per heavy atom. The molecule has 2 aromatic rings. The smallest absolute Gasteiger partial charge is 0.279 e. The average molecular weight is 366 g/mol. The molecule has 3 rings (SSSR count). The van der Waals surface area contributed by atoms with Gasteiger partial charge in [-0.1, -0.05) is 44.2 Å². The minimum absolute atomic E-state index is 0.0498. The first kappa shape index (κ1) is 19.1. The van der Waals surface area contributed by atoms with E-state index in [4.69, 9.17) is 0 Å². The lowest BCUT2D eigenvalue weighted by Crippen LogP contribution is -3.15. The Bertz CT molecular complexity index is 781. The molecule has 2 amide bonds. The molecule has 0 bridgehead atoms.